The first-order valence-corrected chi connectivity index (χ1v) is 7.56. The van der Waals surface area contributed by atoms with Gasteiger partial charge in [0.2, 0.25) is 0 Å². The minimum absolute atomic E-state index is 0.0179. The van der Waals surface area contributed by atoms with E-state index in [9.17, 15) is 13.2 Å². The molecule has 0 bridgehead atoms. The summed E-state index contributed by atoms with van der Waals surface area (Å²) in [6, 6.07) is 0.0418. The quantitative estimate of drug-likeness (QED) is 0.728. The normalized spacial score (nSPS) is 33.6. The zero-order valence-electron chi connectivity index (χ0n) is 9.54. The molecule has 0 saturated carbocycles. The van der Waals surface area contributed by atoms with Crippen LogP contribution in [0.15, 0.2) is 0 Å². The van der Waals surface area contributed by atoms with Crippen LogP contribution in [0.25, 0.3) is 0 Å². The standard InChI is InChI=1S/C10H17NO5S/c12-10(13)5-9-6-11(2-3-16-9)8-1-4-17(14,15)7-8/h8-9H,1-7H2,(H,12,13). The Hall–Kier alpha value is -0.660. The Labute approximate surface area is 100 Å². The van der Waals surface area contributed by atoms with E-state index in [4.69, 9.17) is 9.84 Å². The Kier molecular flexibility index (Phi) is 3.70. The molecule has 7 heteroatoms. The summed E-state index contributed by atoms with van der Waals surface area (Å²) in [6.45, 7) is 1.69. The van der Waals surface area contributed by atoms with E-state index in [2.05, 4.69) is 4.90 Å². The van der Waals surface area contributed by atoms with Crippen LogP contribution in [-0.4, -0.2) is 67.7 Å². The maximum atomic E-state index is 11.4. The Morgan fingerprint density at radius 2 is 2.24 bits per heavy atom. The average molecular weight is 263 g/mol. The van der Waals surface area contributed by atoms with Crippen molar-refractivity contribution < 1.29 is 23.1 Å². The van der Waals surface area contributed by atoms with Gasteiger partial charge in [-0.15, -0.1) is 0 Å². The number of hydrogen-bond acceptors (Lipinski definition) is 5. The largest absolute Gasteiger partial charge is 0.481 e. The van der Waals surface area contributed by atoms with Crippen LogP contribution in [0.3, 0.4) is 0 Å². The van der Waals surface area contributed by atoms with Crippen LogP contribution in [0.1, 0.15) is 12.8 Å². The van der Waals surface area contributed by atoms with E-state index in [1.165, 1.54) is 0 Å². The van der Waals surface area contributed by atoms with E-state index in [0.29, 0.717) is 26.1 Å². The molecular weight excluding hydrogens is 246 g/mol. The van der Waals surface area contributed by atoms with Gasteiger partial charge in [-0.05, 0) is 6.42 Å². The van der Waals surface area contributed by atoms with Crippen LogP contribution in [0.5, 0.6) is 0 Å². The predicted molar refractivity (Wildman–Crippen MR) is 60.6 cm³/mol. The summed E-state index contributed by atoms with van der Waals surface area (Å²) in [6.07, 6.45) is 0.322. The highest BCUT2D eigenvalue weighted by Gasteiger charge is 2.35. The molecule has 17 heavy (non-hydrogen) atoms. The molecule has 6 nitrogen and oxygen atoms in total. The molecule has 0 amide bonds. The minimum atomic E-state index is -2.88. The second-order valence-electron chi connectivity index (χ2n) is 4.64. The summed E-state index contributed by atoms with van der Waals surface area (Å²) < 4.78 is 28.1. The van der Waals surface area contributed by atoms with Crippen molar-refractivity contribution in [1.29, 1.82) is 0 Å². The first-order valence-electron chi connectivity index (χ1n) is 5.74. The fraction of sp³-hybridized carbons (Fsp3) is 0.900. The molecule has 0 spiro atoms. The van der Waals surface area contributed by atoms with Crippen LogP contribution < -0.4 is 0 Å². The van der Waals surface area contributed by atoms with Gasteiger partial charge in [0.1, 0.15) is 0 Å². The van der Waals surface area contributed by atoms with Crippen molar-refractivity contribution in [3.05, 3.63) is 0 Å². The topological polar surface area (TPSA) is 83.9 Å². The molecule has 0 aliphatic carbocycles. The van der Waals surface area contributed by atoms with Crippen molar-refractivity contribution in [2.24, 2.45) is 0 Å². The van der Waals surface area contributed by atoms with Crippen molar-refractivity contribution in [1.82, 2.24) is 4.90 Å². The van der Waals surface area contributed by atoms with E-state index in [0.717, 1.165) is 0 Å². The lowest BCUT2D eigenvalue weighted by atomic mass is 10.1. The van der Waals surface area contributed by atoms with Crippen molar-refractivity contribution in [2.75, 3.05) is 31.2 Å². The highest BCUT2D eigenvalue weighted by molar-refractivity contribution is 7.91. The zero-order chi connectivity index (χ0) is 12.5. The van der Waals surface area contributed by atoms with Crippen molar-refractivity contribution >= 4 is 15.8 Å². The van der Waals surface area contributed by atoms with Crippen molar-refractivity contribution in [3.8, 4) is 0 Å². The third-order valence-electron chi connectivity index (χ3n) is 3.30. The molecule has 2 saturated heterocycles. The third-order valence-corrected chi connectivity index (χ3v) is 5.05. The summed E-state index contributed by atoms with van der Waals surface area (Å²) in [5.74, 6) is -0.429. The summed E-state index contributed by atoms with van der Waals surface area (Å²) in [5.41, 5.74) is 0. The number of aliphatic carboxylic acids is 1. The number of ether oxygens (including phenoxy) is 1. The van der Waals surface area contributed by atoms with Gasteiger partial charge in [-0.1, -0.05) is 0 Å². The summed E-state index contributed by atoms with van der Waals surface area (Å²) in [4.78, 5) is 12.7. The van der Waals surface area contributed by atoms with Crippen LogP contribution >= 0.6 is 0 Å². The smallest absolute Gasteiger partial charge is 0.306 e. The average Bonchev–Trinajstić information content (AvgIpc) is 2.58. The second kappa shape index (κ2) is 4.91. The van der Waals surface area contributed by atoms with Gasteiger partial charge in [0.15, 0.2) is 9.84 Å². The zero-order valence-corrected chi connectivity index (χ0v) is 10.4. The third kappa shape index (κ3) is 3.40. The van der Waals surface area contributed by atoms with Crippen molar-refractivity contribution in [3.63, 3.8) is 0 Å². The summed E-state index contributed by atoms with van der Waals surface area (Å²) >= 11 is 0. The highest BCUT2D eigenvalue weighted by atomic mass is 32.2. The van der Waals surface area contributed by atoms with Gasteiger partial charge in [-0.3, -0.25) is 9.69 Å². The molecule has 0 aromatic heterocycles. The van der Waals surface area contributed by atoms with Gasteiger partial charge in [-0.25, -0.2) is 8.42 Å². The fourth-order valence-corrected chi connectivity index (χ4v) is 4.22. The molecular formula is C10H17NO5S. The number of carboxylic acids is 1. The number of carboxylic acid groups (broad SMARTS) is 1. The fourth-order valence-electron chi connectivity index (χ4n) is 2.46. The lowest BCUT2D eigenvalue weighted by Gasteiger charge is -2.35. The Bertz CT molecular complexity index is 394. The maximum Gasteiger partial charge on any atom is 0.306 e. The Balaban J connectivity index is 1.91. The molecule has 2 fully saturated rings. The monoisotopic (exact) mass is 263 g/mol. The van der Waals surface area contributed by atoms with Crippen molar-refractivity contribution in [2.45, 2.75) is 25.0 Å². The lowest BCUT2D eigenvalue weighted by Crippen LogP contribution is -2.48. The molecule has 1 N–H and O–H groups in total. The molecule has 2 heterocycles. The highest BCUT2D eigenvalue weighted by Crippen LogP contribution is 2.20. The number of sulfone groups is 1. The van der Waals surface area contributed by atoms with Gasteiger partial charge in [0.05, 0.1) is 30.6 Å². The van der Waals surface area contributed by atoms with E-state index in [1.54, 1.807) is 0 Å². The molecule has 2 rings (SSSR count). The van der Waals surface area contributed by atoms with Gasteiger partial charge >= 0.3 is 5.97 Å². The van der Waals surface area contributed by atoms with Crippen LogP contribution in [0.2, 0.25) is 0 Å². The number of rotatable bonds is 3. The van der Waals surface area contributed by atoms with E-state index in [-0.39, 0.29) is 30.1 Å². The predicted octanol–water partition coefficient (Wildman–Crippen LogP) is -0.651. The van der Waals surface area contributed by atoms with E-state index < -0.39 is 15.8 Å². The number of hydrogen-bond donors (Lipinski definition) is 1. The van der Waals surface area contributed by atoms with Crippen LogP contribution in [0.4, 0.5) is 0 Å². The first kappa shape index (κ1) is 12.8. The summed E-state index contributed by atoms with van der Waals surface area (Å²) in [7, 11) is -2.88. The maximum absolute atomic E-state index is 11.4. The van der Waals surface area contributed by atoms with Gasteiger partial charge in [-0.2, -0.15) is 0 Å². The number of nitrogens with zero attached hydrogens (tertiary/aromatic N) is 1. The van der Waals surface area contributed by atoms with Crippen LogP contribution in [0, 0.1) is 0 Å². The Morgan fingerprint density at radius 3 is 2.82 bits per heavy atom. The lowest BCUT2D eigenvalue weighted by molar-refractivity contribution is -0.142. The first-order chi connectivity index (χ1) is 7.96. The second-order valence-corrected chi connectivity index (χ2v) is 6.87. The van der Waals surface area contributed by atoms with Crippen LogP contribution in [-0.2, 0) is 19.4 Å². The SMILES string of the molecule is O=C(O)CC1CN(C2CCS(=O)(=O)C2)CCO1. The Morgan fingerprint density at radius 1 is 1.47 bits per heavy atom. The molecule has 2 atom stereocenters. The van der Waals surface area contributed by atoms with Gasteiger partial charge in [0, 0.05) is 19.1 Å². The molecule has 0 aromatic rings. The van der Waals surface area contributed by atoms with E-state index in [1.807, 2.05) is 0 Å². The van der Waals surface area contributed by atoms with E-state index >= 15 is 0 Å². The molecule has 2 aliphatic heterocycles. The van der Waals surface area contributed by atoms with Gasteiger partial charge < -0.3 is 9.84 Å². The number of morpholine rings is 1. The molecule has 0 aromatic carbocycles. The minimum Gasteiger partial charge on any atom is -0.481 e. The molecule has 0 radical (unpaired) electrons. The number of carbonyl (C=O) groups is 1. The summed E-state index contributed by atoms with van der Waals surface area (Å²) in [5, 5.41) is 8.71. The molecule has 98 valence electrons. The van der Waals surface area contributed by atoms with Gasteiger partial charge in [0.25, 0.3) is 0 Å². The molecule has 2 aliphatic rings. The molecule has 2 unspecified atom stereocenters.